The van der Waals surface area contributed by atoms with Gasteiger partial charge in [0, 0.05) is 0 Å². The first-order chi connectivity index (χ1) is 12.2. The molecule has 2 aromatic rings. The van der Waals surface area contributed by atoms with Crippen LogP contribution in [0.15, 0.2) is 60.7 Å². The third-order valence-electron chi connectivity index (χ3n) is 4.54. The van der Waals surface area contributed by atoms with Gasteiger partial charge >= 0.3 is 5.97 Å². The van der Waals surface area contributed by atoms with Crippen LogP contribution < -0.4 is 5.48 Å². The minimum absolute atomic E-state index is 0.0776. The molecular weight excluding hydrogens is 314 g/mol. The maximum atomic E-state index is 12.4. The van der Waals surface area contributed by atoms with Gasteiger partial charge in [-0.1, -0.05) is 80.9 Å². The van der Waals surface area contributed by atoms with Crippen molar-refractivity contribution < 1.29 is 14.7 Å². The Hall–Kier alpha value is -2.17. The van der Waals surface area contributed by atoms with Crippen molar-refractivity contribution in [2.45, 2.75) is 32.7 Å². The number of aliphatic hydroxyl groups is 1. The highest BCUT2D eigenvalue weighted by Crippen LogP contribution is 2.24. The number of nitrogens with one attached hydrogen (secondary N) is 1. The molecule has 0 heterocycles. The van der Waals surface area contributed by atoms with E-state index in [0.29, 0.717) is 12.3 Å². The van der Waals surface area contributed by atoms with E-state index in [2.05, 4.69) is 19.3 Å². The van der Waals surface area contributed by atoms with Crippen LogP contribution in [0.3, 0.4) is 0 Å². The van der Waals surface area contributed by atoms with Crippen molar-refractivity contribution >= 4 is 5.97 Å². The van der Waals surface area contributed by atoms with Crippen molar-refractivity contribution in [3.8, 4) is 0 Å². The zero-order valence-corrected chi connectivity index (χ0v) is 14.9. The summed E-state index contributed by atoms with van der Waals surface area (Å²) in [6.07, 6.45) is 1.41. The van der Waals surface area contributed by atoms with Crippen LogP contribution in [0.25, 0.3) is 0 Å². The molecule has 3 unspecified atom stereocenters. The predicted octanol–water partition coefficient (Wildman–Crippen LogP) is 3.67. The van der Waals surface area contributed by atoms with Gasteiger partial charge in [-0.3, -0.25) is 0 Å². The van der Waals surface area contributed by atoms with Gasteiger partial charge in [0.2, 0.25) is 0 Å². The van der Waals surface area contributed by atoms with Gasteiger partial charge in [-0.2, -0.15) is 0 Å². The van der Waals surface area contributed by atoms with E-state index >= 15 is 0 Å². The molecule has 0 saturated carbocycles. The summed E-state index contributed by atoms with van der Waals surface area (Å²) in [5, 5.41) is 9.57. The molecular formula is C21H27NO3. The molecule has 0 saturated heterocycles. The Kier molecular flexibility index (Phi) is 7.64. The minimum atomic E-state index is -0.580. The predicted molar refractivity (Wildman–Crippen MR) is 98.6 cm³/mol. The number of hydrogen-bond acceptors (Lipinski definition) is 4. The third kappa shape index (κ3) is 5.69. The van der Waals surface area contributed by atoms with Gasteiger partial charge in [0.05, 0.1) is 18.6 Å². The van der Waals surface area contributed by atoms with Crippen LogP contribution >= 0.6 is 0 Å². The number of hydroxylamine groups is 1. The minimum Gasteiger partial charge on any atom is -0.395 e. The van der Waals surface area contributed by atoms with E-state index in [1.54, 1.807) is 0 Å². The average Bonchev–Trinajstić information content (AvgIpc) is 2.67. The number of rotatable bonds is 9. The molecule has 2 N–H and O–H groups in total. The van der Waals surface area contributed by atoms with Crippen LogP contribution in [-0.4, -0.2) is 17.7 Å². The summed E-state index contributed by atoms with van der Waals surface area (Å²) in [6.45, 7) is 3.98. The summed E-state index contributed by atoms with van der Waals surface area (Å²) in [5.41, 5.74) is 5.00. The molecule has 2 rings (SSSR count). The molecule has 2 aromatic carbocycles. The Morgan fingerprint density at radius 1 is 1.08 bits per heavy atom. The van der Waals surface area contributed by atoms with E-state index in [1.165, 1.54) is 0 Å². The topological polar surface area (TPSA) is 58.6 Å². The first kappa shape index (κ1) is 19.2. The lowest BCUT2D eigenvalue weighted by Crippen LogP contribution is -2.34. The van der Waals surface area contributed by atoms with Gasteiger partial charge in [0.15, 0.2) is 0 Å². The fraction of sp³-hybridized carbons (Fsp3) is 0.381. The lowest BCUT2D eigenvalue weighted by atomic mass is 9.93. The summed E-state index contributed by atoms with van der Waals surface area (Å²) >= 11 is 0. The highest BCUT2D eigenvalue weighted by atomic mass is 16.7. The van der Waals surface area contributed by atoms with Crippen molar-refractivity contribution in [3.63, 3.8) is 0 Å². The third-order valence-corrected chi connectivity index (χ3v) is 4.54. The van der Waals surface area contributed by atoms with Gasteiger partial charge in [-0.25, -0.2) is 4.79 Å². The van der Waals surface area contributed by atoms with E-state index in [4.69, 9.17) is 4.84 Å². The van der Waals surface area contributed by atoms with Crippen LogP contribution in [0.2, 0.25) is 0 Å². The Labute approximate surface area is 149 Å². The van der Waals surface area contributed by atoms with Crippen LogP contribution in [0.4, 0.5) is 0 Å². The molecule has 4 nitrogen and oxygen atoms in total. The van der Waals surface area contributed by atoms with Gasteiger partial charge in [-0.15, -0.1) is 5.48 Å². The van der Waals surface area contributed by atoms with Crippen molar-refractivity contribution in [2.75, 3.05) is 6.61 Å². The Morgan fingerprint density at radius 2 is 1.68 bits per heavy atom. The van der Waals surface area contributed by atoms with E-state index in [-0.39, 0.29) is 12.6 Å². The second kappa shape index (κ2) is 9.97. The fourth-order valence-electron chi connectivity index (χ4n) is 2.73. The van der Waals surface area contributed by atoms with E-state index in [1.807, 2.05) is 60.7 Å². The van der Waals surface area contributed by atoms with Crippen molar-refractivity contribution in [2.24, 2.45) is 11.8 Å². The van der Waals surface area contributed by atoms with E-state index in [0.717, 1.165) is 17.5 Å². The summed E-state index contributed by atoms with van der Waals surface area (Å²) in [5.74, 6) is -0.712. The highest BCUT2D eigenvalue weighted by molar-refractivity contribution is 5.72. The zero-order valence-electron chi connectivity index (χ0n) is 14.9. The number of carbonyl (C=O) groups is 1. The number of benzene rings is 2. The Balaban J connectivity index is 1.99. The largest absolute Gasteiger partial charge is 0.395 e. The van der Waals surface area contributed by atoms with Crippen LogP contribution in [-0.2, 0) is 16.1 Å². The molecule has 0 radical (unpaired) electrons. The molecule has 0 amide bonds. The normalized spacial score (nSPS) is 14.5. The van der Waals surface area contributed by atoms with E-state index in [9.17, 15) is 9.90 Å². The van der Waals surface area contributed by atoms with Gasteiger partial charge in [0.1, 0.15) is 0 Å². The lowest BCUT2D eigenvalue weighted by molar-refractivity contribution is -0.160. The number of aliphatic hydroxyl groups excluding tert-OH is 1. The summed E-state index contributed by atoms with van der Waals surface area (Å²) in [6, 6.07) is 19.5. The van der Waals surface area contributed by atoms with Crippen LogP contribution in [0.1, 0.15) is 37.4 Å². The monoisotopic (exact) mass is 341 g/mol. The molecule has 3 atom stereocenters. The Morgan fingerprint density at radius 3 is 2.24 bits per heavy atom. The summed E-state index contributed by atoms with van der Waals surface area (Å²) in [7, 11) is 0. The molecule has 0 aliphatic carbocycles. The molecule has 25 heavy (non-hydrogen) atoms. The van der Waals surface area contributed by atoms with Crippen molar-refractivity contribution in [1.82, 2.24) is 5.48 Å². The molecule has 0 aliphatic heterocycles. The number of hydrogen-bond donors (Lipinski definition) is 2. The van der Waals surface area contributed by atoms with Crippen molar-refractivity contribution in [1.29, 1.82) is 0 Å². The first-order valence-electron chi connectivity index (χ1n) is 8.81. The van der Waals surface area contributed by atoms with E-state index < -0.39 is 11.9 Å². The summed E-state index contributed by atoms with van der Waals surface area (Å²) < 4.78 is 0. The van der Waals surface area contributed by atoms with Gasteiger partial charge in [0.25, 0.3) is 0 Å². The van der Waals surface area contributed by atoms with Crippen molar-refractivity contribution in [3.05, 3.63) is 71.8 Å². The molecule has 0 aromatic heterocycles. The molecule has 4 heteroatoms. The lowest BCUT2D eigenvalue weighted by Gasteiger charge is -2.25. The van der Waals surface area contributed by atoms with Gasteiger partial charge in [-0.05, 0) is 23.5 Å². The average molecular weight is 341 g/mol. The molecule has 0 fully saturated rings. The number of carbonyl (C=O) groups excluding carboxylic acids is 1. The zero-order chi connectivity index (χ0) is 18.1. The van der Waals surface area contributed by atoms with Gasteiger partial charge < -0.3 is 9.94 Å². The molecule has 0 spiro atoms. The molecule has 0 bridgehead atoms. The van der Waals surface area contributed by atoms with Crippen LogP contribution in [0, 0.1) is 11.8 Å². The van der Waals surface area contributed by atoms with Crippen LogP contribution in [0.5, 0.6) is 0 Å². The Bertz CT molecular complexity index is 630. The smallest absolute Gasteiger partial charge is 0.330 e. The standard InChI is InChI=1S/C21H27NO3/c1-3-16(2)20(18-12-8-5-9-13-18)22-25-21(24)19(15-23)14-17-10-6-4-7-11-17/h4-13,16,19-20,22-23H,3,14-15H2,1-2H3. The molecule has 0 aliphatic rings. The fourth-order valence-corrected chi connectivity index (χ4v) is 2.73. The second-order valence-electron chi connectivity index (χ2n) is 6.38. The first-order valence-corrected chi connectivity index (χ1v) is 8.81. The highest BCUT2D eigenvalue weighted by Gasteiger charge is 2.24. The second-order valence-corrected chi connectivity index (χ2v) is 6.38. The summed E-state index contributed by atoms with van der Waals surface area (Å²) in [4.78, 5) is 17.7. The maximum Gasteiger partial charge on any atom is 0.330 e. The SMILES string of the molecule is CCC(C)C(NOC(=O)C(CO)Cc1ccccc1)c1ccccc1. The quantitative estimate of drug-likeness (QED) is 0.683. The molecule has 134 valence electrons. The maximum absolute atomic E-state index is 12.4.